The zero-order valence-electron chi connectivity index (χ0n) is 10.6. The Morgan fingerprint density at radius 2 is 2.05 bits per heavy atom. The molecule has 1 saturated heterocycles. The van der Waals surface area contributed by atoms with Gasteiger partial charge in [0.25, 0.3) is 11.6 Å². The lowest BCUT2D eigenvalue weighted by Gasteiger charge is -2.30. The number of carbonyl (C=O) groups is 1. The number of halogens is 1. The summed E-state index contributed by atoms with van der Waals surface area (Å²) in [4.78, 5) is 24.3. The minimum atomic E-state index is -0.471. The second-order valence-corrected chi connectivity index (χ2v) is 5.75. The standard InChI is InChI=1S/C13H15BrN2O3/c1-9-4-6-15(7-5-9)13(17)11-3-2-10(16(18)19)8-12(11)14/h2-3,8-9H,4-7H2,1H3. The van der Waals surface area contributed by atoms with Crippen molar-refractivity contribution in [3.63, 3.8) is 0 Å². The third kappa shape index (κ3) is 3.12. The minimum Gasteiger partial charge on any atom is -0.339 e. The van der Waals surface area contributed by atoms with Gasteiger partial charge in [-0.1, -0.05) is 6.92 Å². The number of nitro groups is 1. The normalized spacial score (nSPS) is 16.4. The molecule has 0 atom stereocenters. The van der Waals surface area contributed by atoms with Gasteiger partial charge >= 0.3 is 0 Å². The number of amides is 1. The number of benzene rings is 1. The Morgan fingerprint density at radius 1 is 1.42 bits per heavy atom. The molecule has 1 fully saturated rings. The van der Waals surface area contributed by atoms with Crippen molar-refractivity contribution >= 4 is 27.5 Å². The van der Waals surface area contributed by atoms with Crippen LogP contribution in [0.1, 0.15) is 30.1 Å². The Balaban J connectivity index is 2.17. The predicted molar refractivity (Wildman–Crippen MR) is 75.1 cm³/mol. The Hall–Kier alpha value is -1.43. The average molecular weight is 327 g/mol. The van der Waals surface area contributed by atoms with Gasteiger partial charge in [0.1, 0.15) is 0 Å². The molecule has 19 heavy (non-hydrogen) atoms. The molecule has 1 heterocycles. The van der Waals surface area contributed by atoms with E-state index in [1.807, 2.05) is 4.90 Å². The van der Waals surface area contributed by atoms with Crippen LogP contribution in [-0.2, 0) is 0 Å². The summed E-state index contributed by atoms with van der Waals surface area (Å²) in [5.41, 5.74) is 0.468. The number of nitro benzene ring substituents is 1. The number of carbonyl (C=O) groups excluding carboxylic acids is 1. The van der Waals surface area contributed by atoms with Gasteiger partial charge in [0, 0.05) is 29.7 Å². The quantitative estimate of drug-likeness (QED) is 0.619. The molecule has 1 aliphatic heterocycles. The molecule has 6 heteroatoms. The van der Waals surface area contributed by atoms with E-state index in [0.29, 0.717) is 16.0 Å². The van der Waals surface area contributed by atoms with Crippen molar-refractivity contribution in [1.82, 2.24) is 4.90 Å². The van der Waals surface area contributed by atoms with Gasteiger partial charge in [-0.3, -0.25) is 14.9 Å². The van der Waals surface area contributed by atoms with Crippen molar-refractivity contribution in [2.24, 2.45) is 5.92 Å². The Kier molecular flexibility index (Phi) is 4.19. The zero-order valence-corrected chi connectivity index (χ0v) is 12.2. The van der Waals surface area contributed by atoms with E-state index >= 15 is 0 Å². The maximum atomic E-state index is 12.3. The zero-order chi connectivity index (χ0) is 14.0. The Bertz CT molecular complexity index is 511. The van der Waals surface area contributed by atoms with Crippen LogP contribution < -0.4 is 0 Å². The first-order chi connectivity index (χ1) is 8.99. The van der Waals surface area contributed by atoms with E-state index in [9.17, 15) is 14.9 Å². The van der Waals surface area contributed by atoms with Gasteiger partial charge in [-0.2, -0.15) is 0 Å². The smallest absolute Gasteiger partial charge is 0.270 e. The van der Waals surface area contributed by atoms with Crippen molar-refractivity contribution in [1.29, 1.82) is 0 Å². The van der Waals surface area contributed by atoms with Crippen LogP contribution in [0.15, 0.2) is 22.7 Å². The lowest BCUT2D eigenvalue weighted by atomic mass is 9.98. The number of piperidine rings is 1. The summed E-state index contributed by atoms with van der Waals surface area (Å²) < 4.78 is 0.477. The molecule has 0 spiro atoms. The van der Waals surface area contributed by atoms with Gasteiger partial charge in [0.2, 0.25) is 0 Å². The Labute approximate surface area is 119 Å². The van der Waals surface area contributed by atoms with E-state index in [4.69, 9.17) is 0 Å². The average Bonchev–Trinajstić information content (AvgIpc) is 2.38. The molecule has 0 bridgehead atoms. The van der Waals surface area contributed by atoms with Crippen molar-refractivity contribution in [3.05, 3.63) is 38.3 Å². The number of nitrogens with zero attached hydrogens (tertiary/aromatic N) is 2. The largest absolute Gasteiger partial charge is 0.339 e. The van der Waals surface area contributed by atoms with Crippen LogP contribution in [0.5, 0.6) is 0 Å². The Morgan fingerprint density at radius 3 is 2.58 bits per heavy atom. The van der Waals surface area contributed by atoms with Crippen LogP contribution in [-0.4, -0.2) is 28.8 Å². The number of hydrogen-bond acceptors (Lipinski definition) is 3. The molecule has 0 aromatic heterocycles. The summed E-state index contributed by atoms with van der Waals surface area (Å²) in [5.74, 6) is 0.595. The molecule has 5 nitrogen and oxygen atoms in total. The number of non-ortho nitro benzene ring substituents is 1. The van der Waals surface area contributed by atoms with Crippen LogP contribution in [0.25, 0.3) is 0 Å². The molecule has 102 valence electrons. The van der Waals surface area contributed by atoms with E-state index < -0.39 is 4.92 Å². The second-order valence-electron chi connectivity index (χ2n) is 4.90. The molecule has 1 aromatic carbocycles. The lowest BCUT2D eigenvalue weighted by molar-refractivity contribution is -0.384. The lowest BCUT2D eigenvalue weighted by Crippen LogP contribution is -2.38. The van der Waals surface area contributed by atoms with E-state index in [-0.39, 0.29) is 11.6 Å². The summed E-state index contributed by atoms with van der Waals surface area (Å²) >= 11 is 3.24. The topological polar surface area (TPSA) is 63.5 Å². The predicted octanol–water partition coefficient (Wildman–Crippen LogP) is 3.23. The molecule has 0 radical (unpaired) electrons. The molecular formula is C13H15BrN2O3. The fourth-order valence-corrected chi connectivity index (χ4v) is 2.71. The van der Waals surface area contributed by atoms with Gasteiger partial charge in [0.05, 0.1) is 10.5 Å². The van der Waals surface area contributed by atoms with Crippen LogP contribution in [0.3, 0.4) is 0 Å². The van der Waals surface area contributed by atoms with Crippen LogP contribution in [0.2, 0.25) is 0 Å². The highest BCUT2D eigenvalue weighted by molar-refractivity contribution is 9.10. The summed E-state index contributed by atoms with van der Waals surface area (Å²) in [7, 11) is 0. The SMILES string of the molecule is CC1CCN(C(=O)c2ccc([N+](=O)[O-])cc2Br)CC1. The molecule has 1 aromatic rings. The number of likely N-dealkylation sites (tertiary alicyclic amines) is 1. The van der Waals surface area contributed by atoms with Gasteiger partial charge in [0.15, 0.2) is 0 Å². The van der Waals surface area contributed by atoms with Gasteiger partial charge in [-0.15, -0.1) is 0 Å². The van der Waals surface area contributed by atoms with Crippen LogP contribution in [0.4, 0.5) is 5.69 Å². The molecular weight excluding hydrogens is 312 g/mol. The highest BCUT2D eigenvalue weighted by Gasteiger charge is 2.23. The molecule has 0 saturated carbocycles. The molecule has 1 aliphatic rings. The van der Waals surface area contributed by atoms with Crippen molar-refractivity contribution < 1.29 is 9.72 Å². The van der Waals surface area contributed by atoms with E-state index in [1.165, 1.54) is 18.2 Å². The van der Waals surface area contributed by atoms with E-state index in [1.54, 1.807) is 0 Å². The summed E-state index contributed by atoms with van der Waals surface area (Å²) in [6.45, 7) is 3.69. The van der Waals surface area contributed by atoms with Crippen molar-refractivity contribution in [2.75, 3.05) is 13.1 Å². The fraction of sp³-hybridized carbons (Fsp3) is 0.462. The van der Waals surface area contributed by atoms with Gasteiger partial charge in [-0.25, -0.2) is 0 Å². The minimum absolute atomic E-state index is 0.0179. The molecule has 1 amide bonds. The van der Waals surface area contributed by atoms with Crippen LogP contribution >= 0.6 is 15.9 Å². The maximum absolute atomic E-state index is 12.3. The third-order valence-corrected chi connectivity index (χ3v) is 4.12. The maximum Gasteiger partial charge on any atom is 0.270 e. The first kappa shape index (κ1) is 14.0. The fourth-order valence-electron chi connectivity index (χ4n) is 2.17. The molecule has 2 rings (SSSR count). The number of hydrogen-bond donors (Lipinski definition) is 0. The van der Waals surface area contributed by atoms with Crippen LogP contribution in [0, 0.1) is 16.0 Å². The summed E-state index contributed by atoms with van der Waals surface area (Å²) in [5, 5.41) is 10.7. The molecule has 0 N–H and O–H groups in total. The molecule has 0 aliphatic carbocycles. The summed E-state index contributed by atoms with van der Waals surface area (Å²) in [6.07, 6.45) is 2.02. The first-order valence-electron chi connectivity index (χ1n) is 6.22. The van der Waals surface area contributed by atoms with E-state index in [2.05, 4.69) is 22.9 Å². The monoisotopic (exact) mass is 326 g/mol. The number of rotatable bonds is 2. The van der Waals surface area contributed by atoms with Gasteiger partial charge < -0.3 is 4.90 Å². The van der Waals surface area contributed by atoms with Crippen molar-refractivity contribution in [2.45, 2.75) is 19.8 Å². The van der Waals surface area contributed by atoms with E-state index in [0.717, 1.165) is 25.9 Å². The van der Waals surface area contributed by atoms with Gasteiger partial charge in [-0.05, 0) is 40.8 Å². The highest BCUT2D eigenvalue weighted by Crippen LogP contribution is 2.26. The highest BCUT2D eigenvalue weighted by atomic mass is 79.9. The molecule has 0 unspecified atom stereocenters. The van der Waals surface area contributed by atoms with Crippen molar-refractivity contribution in [3.8, 4) is 0 Å². The first-order valence-corrected chi connectivity index (χ1v) is 7.01. The third-order valence-electron chi connectivity index (χ3n) is 3.46. The summed E-state index contributed by atoms with van der Waals surface area (Å²) in [6, 6.07) is 4.26. The second kappa shape index (κ2) is 5.69.